The lowest BCUT2D eigenvalue weighted by Crippen LogP contribution is -2.34. The van der Waals surface area contributed by atoms with Crippen molar-refractivity contribution in [2.24, 2.45) is 0 Å². The molecule has 0 spiro atoms. The number of nitrogens with one attached hydrogen (secondary N) is 1. The van der Waals surface area contributed by atoms with Crippen molar-refractivity contribution in [3.8, 4) is 5.75 Å². The minimum atomic E-state index is -0.164. The molecular weight excluding hydrogens is 333 g/mol. The second kappa shape index (κ2) is 7.24. The van der Waals surface area contributed by atoms with Gasteiger partial charge in [-0.2, -0.15) is 0 Å². The molecule has 0 bridgehead atoms. The third-order valence-corrected chi connectivity index (χ3v) is 4.78. The highest BCUT2D eigenvalue weighted by molar-refractivity contribution is 6.42. The summed E-state index contributed by atoms with van der Waals surface area (Å²) in [7, 11) is 0. The van der Waals surface area contributed by atoms with Crippen molar-refractivity contribution in [2.45, 2.75) is 25.3 Å². The van der Waals surface area contributed by atoms with Crippen molar-refractivity contribution in [1.82, 2.24) is 5.32 Å². The molecular formula is C18H17Cl2NO2. The minimum absolute atomic E-state index is 0.0471. The number of amides is 1. The first-order valence-corrected chi connectivity index (χ1v) is 8.34. The molecule has 1 N–H and O–H groups in total. The van der Waals surface area contributed by atoms with Gasteiger partial charge in [-0.3, -0.25) is 4.79 Å². The molecule has 0 saturated carbocycles. The van der Waals surface area contributed by atoms with Crippen LogP contribution in [-0.2, 0) is 11.2 Å². The Labute approximate surface area is 145 Å². The lowest BCUT2D eigenvalue weighted by Gasteiger charge is -2.26. The Morgan fingerprint density at radius 1 is 1.17 bits per heavy atom. The first-order valence-electron chi connectivity index (χ1n) is 7.59. The Morgan fingerprint density at radius 2 is 2.00 bits per heavy atom. The third kappa shape index (κ3) is 3.80. The smallest absolute Gasteiger partial charge is 0.258 e. The second-order valence-corrected chi connectivity index (χ2v) is 6.34. The maximum Gasteiger partial charge on any atom is 0.258 e. The zero-order valence-electron chi connectivity index (χ0n) is 12.5. The maximum absolute atomic E-state index is 12.2. The van der Waals surface area contributed by atoms with Gasteiger partial charge in [0.1, 0.15) is 10.8 Å². The van der Waals surface area contributed by atoms with E-state index in [1.807, 2.05) is 12.1 Å². The summed E-state index contributed by atoms with van der Waals surface area (Å²) in [5.74, 6) is 0.251. The van der Waals surface area contributed by atoms with Gasteiger partial charge in [0.25, 0.3) is 5.91 Å². The van der Waals surface area contributed by atoms with Gasteiger partial charge in [0.05, 0.1) is 11.1 Å². The Kier molecular flexibility index (Phi) is 5.09. The van der Waals surface area contributed by atoms with E-state index < -0.39 is 0 Å². The molecule has 1 aliphatic carbocycles. The van der Waals surface area contributed by atoms with Gasteiger partial charge in [-0.1, -0.05) is 53.5 Å². The van der Waals surface area contributed by atoms with Crippen molar-refractivity contribution >= 4 is 29.1 Å². The van der Waals surface area contributed by atoms with Crippen LogP contribution in [-0.4, -0.2) is 12.5 Å². The predicted molar refractivity (Wildman–Crippen MR) is 92.2 cm³/mol. The SMILES string of the molecule is O=C(COc1cccc(Cl)c1Cl)NC1CCCc2ccccc21. The highest BCUT2D eigenvalue weighted by Crippen LogP contribution is 2.32. The fraction of sp³-hybridized carbons (Fsp3) is 0.278. The van der Waals surface area contributed by atoms with Crippen LogP contribution in [0.25, 0.3) is 0 Å². The van der Waals surface area contributed by atoms with Crippen LogP contribution in [0, 0.1) is 0 Å². The van der Waals surface area contributed by atoms with Crippen LogP contribution in [0.4, 0.5) is 0 Å². The molecule has 5 heteroatoms. The number of rotatable bonds is 4. The normalized spacial score (nSPS) is 16.5. The van der Waals surface area contributed by atoms with Crippen LogP contribution >= 0.6 is 23.2 Å². The summed E-state index contributed by atoms with van der Waals surface area (Å²) < 4.78 is 5.48. The van der Waals surface area contributed by atoms with Crippen LogP contribution in [0.3, 0.4) is 0 Å². The van der Waals surface area contributed by atoms with E-state index >= 15 is 0 Å². The summed E-state index contributed by atoms with van der Waals surface area (Å²) in [5.41, 5.74) is 2.51. The van der Waals surface area contributed by atoms with Crippen molar-refractivity contribution in [3.05, 3.63) is 63.6 Å². The van der Waals surface area contributed by atoms with Gasteiger partial charge in [-0.15, -0.1) is 0 Å². The number of halogens is 2. The molecule has 1 atom stereocenters. The van der Waals surface area contributed by atoms with Crippen LogP contribution in [0.15, 0.2) is 42.5 Å². The van der Waals surface area contributed by atoms with E-state index in [-0.39, 0.29) is 18.6 Å². The summed E-state index contributed by atoms with van der Waals surface area (Å²) in [4.78, 5) is 12.2. The van der Waals surface area contributed by atoms with Crippen molar-refractivity contribution in [3.63, 3.8) is 0 Å². The molecule has 2 aromatic carbocycles. The molecule has 1 amide bonds. The Balaban J connectivity index is 1.61. The molecule has 1 aliphatic rings. The monoisotopic (exact) mass is 349 g/mol. The van der Waals surface area contributed by atoms with Gasteiger partial charge in [0.2, 0.25) is 0 Å². The number of aryl methyl sites for hydroxylation is 1. The number of benzene rings is 2. The molecule has 3 nitrogen and oxygen atoms in total. The van der Waals surface area contributed by atoms with Crippen LogP contribution in [0.5, 0.6) is 5.75 Å². The zero-order valence-corrected chi connectivity index (χ0v) is 14.0. The quantitative estimate of drug-likeness (QED) is 0.878. The van der Waals surface area contributed by atoms with E-state index in [4.69, 9.17) is 27.9 Å². The molecule has 0 aliphatic heterocycles. The summed E-state index contributed by atoms with van der Waals surface area (Å²) >= 11 is 12.0. The molecule has 0 saturated heterocycles. The van der Waals surface area contributed by atoms with Gasteiger partial charge >= 0.3 is 0 Å². The van der Waals surface area contributed by atoms with Gasteiger partial charge in [0.15, 0.2) is 6.61 Å². The third-order valence-electron chi connectivity index (χ3n) is 3.98. The van der Waals surface area contributed by atoms with Crippen LogP contribution in [0.2, 0.25) is 10.0 Å². The first-order chi connectivity index (χ1) is 11.1. The minimum Gasteiger partial charge on any atom is -0.482 e. The number of ether oxygens (including phenoxy) is 1. The fourth-order valence-corrected chi connectivity index (χ4v) is 3.23. The summed E-state index contributed by atoms with van der Waals surface area (Å²) in [6.07, 6.45) is 3.08. The highest BCUT2D eigenvalue weighted by atomic mass is 35.5. The van der Waals surface area contributed by atoms with E-state index in [0.717, 1.165) is 19.3 Å². The van der Waals surface area contributed by atoms with Gasteiger partial charge in [-0.05, 0) is 42.5 Å². The number of carbonyl (C=O) groups is 1. The van der Waals surface area contributed by atoms with E-state index in [0.29, 0.717) is 15.8 Å². The molecule has 0 heterocycles. The molecule has 2 aromatic rings. The average Bonchev–Trinajstić information content (AvgIpc) is 2.56. The first kappa shape index (κ1) is 16.2. The van der Waals surface area contributed by atoms with Gasteiger partial charge in [0, 0.05) is 0 Å². The largest absolute Gasteiger partial charge is 0.482 e. The summed E-state index contributed by atoms with van der Waals surface area (Å²) in [6.45, 7) is -0.0846. The molecule has 0 radical (unpaired) electrons. The van der Waals surface area contributed by atoms with E-state index in [1.54, 1.807) is 18.2 Å². The second-order valence-electron chi connectivity index (χ2n) is 5.55. The average molecular weight is 350 g/mol. The predicted octanol–water partition coefficient (Wildman–Crippen LogP) is 4.57. The zero-order chi connectivity index (χ0) is 16.2. The van der Waals surface area contributed by atoms with E-state index in [2.05, 4.69) is 17.4 Å². The number of fused-ring (bicyclic) bond motifs is 1. The molecule has 1 unspecified atom stereocenters. The van der Waals surface area contributed by atoms with Crippen molar-refractivity contribution in [2.75, 3.05) is 6.61 Å². The summed E-state index contributed by atoms with van der Waals surface area (Å²) in [5, 5.41) is 3.77. The van der Waals surface area contributed by atoms with Crippen molar-refractivity contribution < 1.29 is 9.53 Å². The van der Waals surface area contributed by atoms with Crippen LogP contribution in [0.1, 0.15) is 30.0 Å². The Hall–Kier alpha value is -1.71. The molecule has 23 heavy (non-hydrogen) atoms. The molecule has 0 fully saturated rings. The summed E-state index contributed by atoms with van der Waals surface area (Å²) in [6, 6.07) is 13.4. The van der Waals surface area contributed by atoms with E-state index in [9.17, 15) is 4.79 Å². The standard InChI is InChI=1S/C18H17Cl2NO2/c19-14-8-4-10-16(18(14)20)23-11-17(22)21-15-9-3-6-12-5-1-2-7-13(12)15/h1-2,4-5,7-8,10,15H,3,6,9,11H2,(H,21,22). The molecule has 0 aromatic heterocycles. The Bertz CT molecular complexity index is 718. The lowest BCUT2D eigenvalue weighted by molar-refractivity contribution is -0.123. The highest BCUT2D eigenvalue weighted by Gasteiger charge is 2.21. The van der Waals surface area contributed by atoms with Crippen LogP contribution < -0.4 is 10.1 Å². The number of carbonyl (C=O) groups excluding carboxylic acids is 1. The van der Waals surface area contributed by atoms with Gasteiger partial charge in [-0.25, -0.2) is 0 Å². The topological polar surface area (TPSA) is 38.3 Å². The Morgan fingerprint density at radius 3 is 2.87 bits per heavy atom. The number of hydrogen-bond donors (Lipinski definition) is 1. The van der Waals surface area contributed by atoms with Gasteiger partial charge < -0.3 is 10.1 Å². The lowest BCUT2D eigenvalue weighted by atomic mass is 9.88. The maximum atomic E-state index is 12.2. The molecule has 3 rings (SSSR count). The van der Waals surface area contributed by atoms with Crippen molar-refractivity contribution in [1.29, 1.82) is 0 Å². The molecule has 120 valence electrons. The number of hydrogen-bond acceptors (Lipinski definition) is 2. The fourth-order valence-electron chi connectivity index (χ4n) is 2.88. The van der Waals surface area contributed by atoms with E-state index in [1.165, 1.54) is 11.1 Å².